The van der Waals surface area contributed by atoms with Crippen LogP contribution < -0.4 is 10.1 Å². The first-order valence-corrected chi connectivity index (χ1v) is 11.6. The Morgan fingerprint density at radius 3 is 2.30 bits per heavy atom. The van der Waals surface area contributed by atoms with Crippen LogP contribution in [0.1, 0.15) is 52.5 Å². The molecular weight excluding hydrogens is 428 g/mol. The molecule has 0 radical (unpaired) electrons. The SMILES string of the molecule is CC.CC.Cc1ccc(OCCCC(=O)NCC(=O)N2CC3(CC2C(=O)O)OCCO3)cc1. The molecule has 1 aromatic rings. The van der Waals surface area contributed by atoms with E-state index in [2.05, 4.69) is 5.32 Å². The number of rotatable bonds is 8. The largest absolute Gasteiger partial charge is 0.494 e. The zero-order valence-corrected chi connectivity index (χ0v) is 20.4. The van der Waals surface area contributed by atoms with Crippen LogP contribution in [0.2, 0.25) is 0 Å². The van der Waals surface area contributed by atoms with E-state index in [0.29, 0.717) is 26.2 Å². The van der Waals surface area contributed by atoms with Crippen LogP contribution in [0.3, 0.4) is 0 Å². The number of benzene rings is 1. The third-order valence-electron chi connectivity index (χ3n) is 4.99. The van der Waals surface area contributed by atoms with E-state index in [4.69, 9.17) is 14.2 Å². The fourth-order valence-corrected chi connectivity index (χ4v) is 3.45. The maximum absolute atomic E-state index is 12.5. The van der Waals surface area contributed by atoms with Gasteiger partial charge in [-0.3, -0.25) is 9.59 Å². The molecule has 0 saturated carbocycles. The Bertz CT molecular complexity index is 746. The molecule has 2 aliphatic rings. The number of carbonyl (C=O) groups is 3. The van der Waals surface area contributed by atoms with Crippen LogP contribution in [-0.2, 0) is 23.9 Å². The van der Waals surface area contributed by atoms with Crippen LogP contribution in [0.25, 0.3) is 0 Å². The molecule has 1 atom stereocenters. The lowest BCUT2D eigenvalue weighted by Gasteiger charge is -2.23. The molecule has 2 amide bonds. The summed E-state index contributed by atoms with van der Waals surface area (Å²) in [4.78, 5) is 37.1. The van der Waals surface area contributed by atoms with E-state index in [1.807, 2.05) is 58.9 Å². The number of hydrogen-bond donors (Lipinski definition) is 2. The molecule has 2 aliphatic heterocycles. The highest BCUT2D eigenvalue weighted by Gasteiger charge is 2.52. The molecule has 1 aromatic carbocycles. The minimum atomic E-state index is -1.12. The van der Waals surface area contributed by atoms with Crippen molar-refractivity contribution in [3.8, 4) is 5.75 Å². The lowest BCUT2D eigenvalue weighted by Crippen LogP contribution is -2.46. The lowest BCUT2D eigenvalue weighted by atomic mass is 10.1. The van der Waals surface area contributed by atoms with Crippen molar-refractivity contribution in [2.75, 3.05) is 32.9 Å². The number of amides is 2. The van der Waals surface area contributed by atoms with Crippen molar-refractivity contribution in [2.45, 2.75) is 65.7 Å². The molecule has 0 bridgehead atoms. The second-order valence-corrected chi connectivity index (χ2v) is 7.23. The first-order chi connectivity index (χ1) is 15.9. The Balaban J connectivity index is 0.00000129. The maximum atomic E-state index is 12.5. The summed E-state index contributed by atoms with van der Waals surface area (Å²) in [5.41, 5.74) is 1.14. The summed E-state index contributed by atoms with van der Waals surface area (Å²) in [5.74, 6) is -2.19. The second kappa shape index (κ2) is 14.5. The number of likely N-dealkylation sites (tertiary alicyclic amines) is 1. The first-order valence-electron chi connectivity index (χ1n) is 11.6. The van der Waals surface area contributed by atoms with Crippen LogP contribution in [0, 0.1) is 6.92 Å². The van der Waals surface area contributed by atoms with Gasteiger partial charge in [-0.1, -0.05) is 45.4 Å². The number of aliphatic carboxylic acids is 1. The number of carbonyl (C=O) groups excluding carboxylic acids is 2. The molecule has 2 saturated heterocycles. The topological polar surface area (TPSA) is 114 Å². The minimum absolute atomic E-state index is 0.0447. The Morgan fingerprint density at radius 2 is 1.73 bits per heavy atom. The Hall–Kier alpha value is -2.65. The molecular formula is C24H38N2O7. The van der Waals surface area contributed by atoms with Gasteiger partial charge in [0.1, 0.15) is 11.8 Å². The van der Waals surface area contributed by atoms with E-state index >= 15 is 0 Å². The highest BCUT2D eigenvalue weighted by molar-refractivity contribution is 5.88. The van der Waals surface area contributed by atoms with Crippen LogP contribution in [-0.4, -0.2) is 72.5 Å². The Kier molecular flexibility index (Phi) is 12.5. The van der Waals surface area contributed by atoms with Gasteiger partial charge < -0.3 is 29.5 Å². The molecule has 9 nitrogen and oxygen atoms in total. The predicted molar refractivity (Wildman–Crippen MR) is 124 cm³/mol. The van der Waals surface area contributed by atoms with Gasteiger partial charge in [-0.25, -0.2) is 4.79 Å². The van der Waals surface area contributed by atoms with Crippen LogP contribution in [0.4, 0.5) is 0 Å². The number of aryl methyl sites for hydroxylation is 1. The van der Waals surface area contributed by atoms with Crippen LogP contribution in [0.15, 0.2) is 24.3 Å². The zero-order valence-electron chi connectivity index (χ0n) is 20.4. The van der Waals surface area contributed by atoms with Crippen molar-refractivity contribution in [3.63, 3.8) is 0 Å². The molecule has 33 heavy (non-hydrogen) atoms. The summed E-state index contributed by atoms with van der Waals surface area (Å²) in [6.07, 6.45) is 0.788. The van der Waals surface area contributed by atoms with Crippen molar-refractivity contribution >= 4 is 17.8 Å². The van der Waals surface area contributed by atoms with Crippen molar-refractivity contribution < 1.29 is 33.7 Å². The van der Waals surface area contributed by atoms with Gasteiger partial charge in [0.15, 0.2) is 5.79 Å². The summed E-state index contributed by atoms with van der Waals surface area (Å²) in [5, 5.41) is 11.9. The Morgan fingerprint density at radius 1 is 1.12 bits per heavy atom. The molecule has 9 heteroatoms. The van der Waals surface area contributed by atoms with E-state index in [9.17, 15) is 19.5 Å². The van der Waals surface area contributed by atoms with E-state index < -0.39 is 23.7 Å². The molecule has 2 N–H and O–H groups in total. The van der Waals surface area contributed by atoms with E-state index in [-0.39, 0.29) is 31.8 Å². The molecule has 3 rings (SSSR count). The molecule has 2 heterocycles. The molecule has 186 valence electrons. The van der Waals surface area contributed by atoms with Crippen molar-refractivity contribution in [1.29, 1.82) is 0 Å². The second-order valence-electron chi connectivity index (χ2n) is 7.23. The minimum Gasteiger partial charge on any atom is -0.494 e. The summed E-state index contributed by atoms with van der Waals surface area (Å²) in [7, 11) is 0. The third-order valence-corrected chi connectivity index (χ3v) is 4.99. The molecule has 0 aromatic heterocycles. The zero-order chi connectivity index (χ0) is 24.9. The number of nitrogens with one attached hydrogen (secondary N) is 1. The van der Waals surface area contributed by atoms with Gasteiger partial charge in [0, 0.05) is 12.8 Å². The number of carboxylic acids is 1. The highest BCUT2D eigenvalue weighted by atomic mass is 16.7. The van der Waals surface area contributed by atoms with Gasteiger partial charge in [0.2, 0.25) is 11.8 Å². The van der Waals surface area contributed by atoms with Gasteiger partial charge in [-0.05, 0) is 25.5 Å². The van der Waals surface area contributed by atoms with Gasteiger partial charge in [0.05, 0.1) is 32.9 Å². The van der Waals surface area contributed by atoms with Crippen molar-refractivity contribution in [1.82, 2.24) is 10.2 Å². The van der Waals surface area contributed by atoms with E-state index in [1.165, 1.54) is 4.90 Å². The fraction of sp³-hybridized carbons (Fsp3) is 0.625. The highest BCUT2D eigenvalue weighted by Crippen LogP contribution is 2.34. The first kappa shape index (κ1) is 28.4. The molecule has 1 spiro atoms. The molecule has 2 fully saturated rings. The molecule has 1 unspecified atom stereocenters. The number of ether oxygens (including phenoxy) is 3. The van der Waals surface area contributed by atoms with Crippen molar-refractivity contribution in [2.24, 2.45) is 0 Å². The van der Waals surface area contributed by atoms with Gasteiger partial charge in [0.25, 0.3) is 0 Å². The summed E-state index contributed by atoms with van der Waals surface area (Å²) in [6.45, 7) is 10.9. The smallest absolute Gasteiger partial charge is 0.326 e. The normalized spacial score (nSPS) is 18.0. The number of nitrogens with zero attached hydrogens (tertiary/aromatic N) is 1. The average Bonchev–Trinajstić information content (AvgIpc) is 3.46. The van der Waals surface area contributed by atoms with Gasteiger partial charge in [-0.15, -0.1) is 0 Å². The van der Waals surface area contributed by atoms with E-state index in [0.717, 1.165) is 11.3 Å². The van der Waals surface area contributed by atoms with Crippen molar-refractivity contribution in [3.05, 3.63) is 29.8 Å². The number of carboxylic acid groups (broad SMARTS) is 1. The predicted octanol–water partition coefficient (Wildman–Crippen LogP) is 2.75. The van der Waals surface area contributed by atoms with Gasteiger partial charge in [-0.2, -0.15) is 0 Å². The van der Waals surface area contributed by atoms with E-state index in [1.54, 1.807) is 0 Å². The fourth-order valence-electron chi connectivity index (χ4n) is 3.45. The molecule has 0 aliphatic carbocycles. The summed E-state index contributed by atoms with van der Waals surface area (Å²) >= 11 is 0. The average molecular weight is 467 g/mol. The third kappa shape index (κ3) is 8.66. The van der Waals surface area contributed by atoms with Crippen LogP contribution in [0.5, 0.6) is 5.75 Å². The standard InChI is InChI=1S/C20H26N2O7.2C2H6/c1-14-4-6-15(7-5-14)27-8-2-3-17(23)21-12-18(24)22-13-20(28-9-10-29-20)11-16(22)19(25)26;2*1-2/h4-7,16H,2-3,8-13H2,1H3,(H,21,23)(H,25,26);2*1-2H3. The van der Waals surface area contributed by atoms with Crippen LogP contribution >= 0.6 is 0 Å². The lowest BCUT2D eigenvalue weighted by molar-refractivity contribution is -0.152. The quantitative estimate of drug-likeness (QED) is 0.566. The maximum Gasteiger partial charge on any atom is 0.326 e. The van der Waals surface area contributed by atoms with Gasteiger partial charge >= 0.3 is 5.97 Å². The number of hydrogen-bond acceptors (Lipinski definition) is 6. The summed E-state index contributed by atoms with van der Waals surface area (Å²) in [6, 6.07) is 6.60. The monoisotopic (exact) mass is 466 g/mol. The summed E-state index contributed by atoms with van der Waals surface area (Å²) < 4.78 is 16.6. The Labute approximate surface area is 196 Å².